The van der Waals surface area contributed by atoms with Crippen LogP contribution >= 0.6 is 0 Å². The summed E-state index contributed by atoms with van der Waals surface area (Å²) in [6.45, 7) is 3.75. The van der Waals surface area contributed by atoms with E-state index in [1.807, 2.05) is 18.2 Å². The molecule has 0 amide bonds. The summed E-state index contributed by atoms with van der Waals surface area (Å²) in [5, 5.41) is -0.0819. The highest BCUT2D eigenvalue weighted by Crippen LogP contribution is 2.31. The van der Waals surface area contributed by atoms with Gasteiger partial charge in [0, 0.05) is 32.7 Å². The van der Waals surface area contributed by atoms with Gasteiger partial charge in [-0.3, -0.25) is 4.90 Å². The van der Waals surface area contributed by atoms with Crippen LogP contribution in [0.3, 0.4) is 0 Å². The largest absolute Gasteiger partial charge is 0.296 e. The van der Waals surface area contributed by atoms with E-state index in [9.17, 15) is 8.42 Å². The highest BCUT2D eigenvalue weighted by molar-refractivity contribution is 7.90. The van der Waals surface area contributed by atoms with Crippen molar-refractivity contribution in [1.82, 2.24) is 9.21 Å². The number of hydrogen-bond acceptors (Lipinski definition) is 3. The first-order chi connectivity index (χ1) is 9.16. The quantitative estimate of drug-likeness (QED) is 0.828. The number of sulfonamides is 1. The minimum absolute atomic E-state index is 0.0819. The molecule has 0 unspecified atom stereocenters. The van der Waals surface area contributed by atoms with Gasteiger partial charge in [0.15, 0.2) is 0 Å². The maximum absolute atomic E-state index is 12.1. The fourth-order valence-corrected chi connectivity index (χ4v) is 4.31. The van der Waals surface area contributed by atoms with Crippen molar-refractivity contribution >= 4 is 10.0 Å². The van der Waals surface area contributed by atoms with Gasteiger partial charge in [-0.2, -0.15) is 4.31 Å². The van der Waals surface area contributed by atoms with Gasteiger partial charge in [0.05, 0.1) is 5.25 Å². The van der Waals surface area contributed by atoms with Crippen molar-refractivity contribution in [2.45, 2.75) is 24.6 Å². The van der Waals surface area contributed by atoms with Crippen LogP contribution in [-0.4, -0.2) is 49.1 Å². The minimum atomic E-state index is -2.99. The van der Waals surface area contributed by atoms with Crippen LogP contribution in [0.25, 0.3) is 0 Å². The smallest absolute Gasteiger partial charge is 0.217 e. The Morgan fingerprint density at radius 3 is 2.47 bits per heavy atom. The summed E-state index contributed by atoms with van der Waals surface area (Å²) in [6, 6.07) is 11.2. The van der Waals surface area contributed by atoms with Crippen molar-refractivity contribution < 1.29 is 8.42 Å². The molecule has 1 aromatic rings. The van der Waals surface area contributed by atoms with Crippen LogP contribution in [0.2, 0.25) is 0 Å². The van der Waals surface area contributed by atoms with Gasteiger partial charge in [-0.1, -0.05) is 24.3 Å². The van der Waals surface area contributed by atoms with Gasteiger partial charge in [-0.15, -0.1) is 0 Å². The summed E-state index contributed by atoms with van der Waals surface area (Å²) in [4.78, 5) is 2.30. The van der Waals surface area contributed by atoms with E-state index in [1.165, 1.54) is 5.56 Å². The number of benzene rings is 1. The molecule has 1 saturated heterocycles. The van der Waals surface area contributed by atoms with E-state index in [-0.39, 0.29) is 5.25 Å². The van der Waals surface area contributed by atoms with Crippen LogP contribution < -0.4 is 0 Å². The average Bonchev–Trinajstić information content (AvgIpc) is 3.25. The summed E-state index contributed by atoms with van der Waals surface area (Å²) < 4.78 is 25.9. The summed E-state index contributed by atoms with van der Waals surface area (Å²) in [7, 11) is -2.99. The maximum Gasteiger partial charge on any atom is 0.217 e. The van der Waals surface area contributed by atoms with Gasteiger partial charge in [0.1, 0.15) is 0 Å². The van der Waals surface area contributed by atoms with E-state index in [1.54, 1.807) is 4.31 Å². The molecule has 1 aliphatic carbocycles. The molecule has 1 aliphatic heterocycles. The molecule has 0 spiro atoms. The third-order valence-electron chi connectivity index (χ3n) is 3.80. The lowest BCUT2D eigenvalue weighted by atomic mass is 10.2. The lowest BCUT2D eigenvalue weighted by Gasteiger charge is -2.34. The molecular formula is C14H19N2O2S. The molecule has 0 atom stereocenters. The van der Waals surface area contributed by atoms with Crippen molar-refractivity contribution in [1.29, 1.82) is 0 Å². The molecule has 1 heterocycles. The van der Waals surface area contributed by atoms with E-state index in [4.69, 9.17) is 0 Å². The Hall–Kier alpha value is -0.910. The SMILES string of the molecule is O=S(=O)(C1CC1)N1CCN(Cc2[c]cccc2)CC1. The number of nitrogens with zero attached hydrogens (tertiary/aromatic N) is 2. The zero-order chi connectivity index (χ0) is 13.3. The standard InChI is InChI=1S/C14H19N2O2S/c17-19(18,14-6-7-14)16-10-8-15(9-11-16)12-13-4-2-1-3-5-13/h1-4,14H,6-12H2. The Morgan fingerprint density at radius 2 is 1.89 bits per heavy atom. The third kappa shape index (κ3) is 2.99. The molecule has 1 aromatic carbocycles. The van der Waals surface area contributed by atoms with Gasteiger partial charge < -0.3 is 0 Å². The molecular weight excluding hydrogens is 260 g/mol. The van der Waals surface area contributed by atoms with Crippen LogP contribution in [0.4, 0.5) is 0 Å². The second-order valence-corrected chi connectivity index (χ2v) is 7.52. The van der Waals surface area contributed by atoms with Gasteiger partial charge >= 0.3 is 0 Å². The molecule has 103 valence electrons. The van der Waals surface area contributed by atoms with Gasteiger partial charge in [0.25, 0.3) is 0 Å². The van der Waals surface area contributed by atoms with E-state index < -0.39 is 10.0 Å². The molecule has 4 nitrogen and oxygen atoms in total. The zero-order valence-electron chi connectivity index (χ0n) is 11.0. The fourth-order valence-electron chi connectivity index (χ4n) is 2.49. The zero-order valence-corrected chi connectivity index (χ0v) is 11.8. The van der Waals surface area contributed by atoms with E-state index in [0.29, 0.717) is 13.1 Å². The highest BCUT2D eigenvalue weighted by Gasteiger charge is 2.40. The van der Waals surface area contributed by atoms with Gasteiger partial charge in [-0.05, 0) is 24.5 Å². The predicted molar refractivity (Wildman–Crippen MR) is 74.1 cm³/mol. The maximum atomic E-state index is 12.1. The topological polar surface area (TPSA) is 40.6 Å². The molecule has 3 rings (SSSR count). The lowest BCUT2D eigenvalue weighted by molar-refractivity contribution is 0.181. The summed E-state index contributed by atoms with van der Waals surface area (Å²) >= 11 is 0. The third-order valence-corrected chi connectivity index (χ3v) is 6.20. The Labute approximate surface area is 115 Å². The van der Waals surface area contributed by atoms with Crippen molar-refractivity contribution in [2.24, 2.45) is 0 Å². The molecule has 0 N–H and O–H groups in total. The molecule has 19 heavy (non-hydrogen) atoms. The first-order valence-electron chi connectivity index (χ1n) is 6.83. The molecule has 1 radical (unpaired) electrons. The average molecular weight is 279 g/mol. The first-order valence-corrected chi connectivity index (χ1v) is 8.33. The van der Waals surface area contributed by atoms with Crippen LogP contribution in [0.15, 0.2) is 24.3 Å². The van der Waals surface area contributed by atoms with Crippen molar-refractivity contribution in [2.75, 3.05) is 26.2 Å². The monoisotopic (exact) mass is 279 g/mol. The Morgan fingerprint density at radius 1 is 1.16 bits per heavy atom. The van der Waals surface area contributed by atoms with Gasteiger partial charge in [-0.25, -0.2) is 8.42 Å². The van der Waals surface area contributed by atoms with Gasteiger partial charge in [0.2, 0.25) is 10.0 Å². The Bertz CT molecular complexity index is 518. The van der Waals surface area contributed by atoms with E-state index in [0.717, 1.165) is 32.5 Å². The normalized spacial score (nSPS) is 22.5. The van der Waals surface area contributed by atoms with Crippen LogP contribution in [0, 0.1) is 6.07 Å². The number of piperazine rings is 1. The number of hydrogen-bond donors (Lipinski definition) is 0. The molecule has 0 bridgehead atoms. The van der Waals surface area contributed by atoms with Crippen LogP contribution in [-0.2, 0) is 16.6 Å². The molecule has 2 aliphatic rings. The molecule has 5 heteroatoms. The molecule has 2 fully saturated rings. The Kier molecular flexibility index (Phi) is 3.60. The second-order valence-electron chi connectivity index (χ2n) is 5.31. The predicted octanol–water partition coefficient (Wildman–Crippen LogP) is 1.10. The van der Waals surface area contributed by atoms with Crippen LogP contribution in [0.5, 0.6) is 0 Å². The summed E-state index contributed by atoms with van der Waals surface area (Å²) in [5.41, 5.74) is 1.17. The second kappa shape index (κ2) is 5.23. The Balaban J connectivity index is 1.55. The summed E-state index contributed by atoms with van der Waals surface area (Å²) in [5.74, 6) is 0. The molecule has 1 saturated carbocycles. The van der Waals surface area contributed by atoms with E-state index >= 15 is 0 Å². The molecule has 0 aromatic heterocycles. The lowest BCUT2D eigenvalue weighted by Crippen LogP contribution is -2.49. The first kappa shape index (κ1) is 13.1. The highest BCUT2D eigenvalue weighted by atomic mass is 32.2. The minimum Gasteiger partial charge on any atom is -0.296 e. The summed E-state index contributed by atoms with van der Waals surface area (Å²) in [6.07, 6.45) is 1.70. The fraction of sp³-hybridized carbons (Fsp3) is 0.571. The van der Waals surface area contributed by atoms with Crippen molar-refractivity contribution in [3.05, 3.63) is 35.9 Å². The van der Waals surface area contributed by atoms with E-state index in [2.05, 4.69) is 17.0 Å². The van der Waals surface area contributed by atoms with Crippen molar-refractivity contribution in [3.63, 3.8) is 0 Å². The van der Waals surface area contributed by atoms with Crippen molar-refractivity contribution in [3.8, 4) is 0 Å². The van der Waals surface area contributed by atoms with Crippen LogP contribution in [0.1, 0.15) is 18.4 Å². The number of rotatable bonds is 4.